The molecule has 0 amide bonds. The predicted octanol–water partition coefficient (Wildman–Crippen LogP) is 5.89. The molecule has 0 saturated heterocycles. The van der Waals surface area contributed by atoms with Crippen LogP contribution >= 0.6 is 23.4 Å². The van der Waals surface area contributed by atoms with Crippen LogP contribution in [0.3, 0.4) is 0 Å². The lowest BCUT2D eigenvalue weighted by molar-refractivity contribution is 0.0795. The lowest BCUT2D eigenvalue weighted by atomic mass is 9.88. The highest BCUT2D eigenvalue weighted by Crippen LogP contribution is 2.30. The molecule has 0 radical (unpaired) electrons. The zero-order chi connectivity index (χ0) is 19.5. The number of para-hydroxylation sites is 2. The molecule has 0 bridgehead atoms. The maximum absolute atomic E-state index is 13.3. The molecular formula is C22H21ClN2O2S. The maximum Gasteiger partial charge on any atom is 0.236 e. The normalized spacial score (nSPS) is 15.0. The molecule has 1 heterocycles. The number of halogens is 1. The summed E-state index contributed by atoms with van der Waals surface area (Å²) in [5, 5.41) is 1.20. The largest absolute Gasteiger partial charge is 0.293 e. The van der Waals surface area contributed by atoms with E-state index >= 15 is 0 Å². The Morgan fingerprint density at radius 1 is 1.04 bits per heavy atom. The van der Waals surface area contributed by atoms with Gasteiger partial charge in [0.25, 0.3) is 0 Å². The third-order valence-corrected chi connectivity index (χ3v) is 6.39. The third-order valence-electron chi connectivity index (χ3n) is 5.20. The Morgan fingerprint density at radius 2 is 1.75 bits per heavy atom. The van der Waals surface area contributed by atoms with Gasteiger partial charge in [-0.25, -0.2) is 4.98 Å². The van der Waals surface area contributed by atoms with E-state index in [4.69, 9.17) is 11.6 Å². The van der Waals surface area contributed by atoms with E-state index < -0.39 is 0 Å². The molecule has 0 N–H and O–H groups in total. The lowest BCUT2D eigenvalue weighted by Crippen LogP contribution is -2.24. The van der Waals surface area contributed by atoms with Gasteiger partial charge < -0.3 is 0 Å². The number of benzene rings is 2. The highest BCUT2D eigenvalue weighted by Gasteiger charge is 2.26. The summed E-state index contributed by atoms with van der Waals surface area (Å²) in [6.45, 7) is 0. The Labute approximate surface area is 173 Å². The Kier molecular flexibility index (Phi) is 5.83. The number of nitrogens with zero attached hydrogens (tertiary/aromatic N) is 2. The second-order valence-electron chi connectivity index (χ2n) is 7.11. The molecule has 1 aliphatic carbocycles. The van der Waals surface area contributed by atoms with Crippen LogP contribution in [-0.4, -0.2) is 27.0 Å². The van der Waals surface area contributed by atoms with E-state index in [1.54, 1.807) is 28.8 Å². The fourth-order valence-electron chi connectivity index (χ4n) is 3.70. The Hall–Kier alpha value is -2.11. The van der Waals surface area contributed by atoms with Crippen molar-refractivity contribution in [3.63, 3.8) is 0 Å². The summed E-state index contributed by atoms with van der Waals surface area (Å²) in [4.78, 5) is 30.4. The number of imidazole rings is 1. The van der Waals surface area contributed by atoms with Crippen LogP contribution in [0.25, 0.3) is 11.0 Å². The van der Waals surface area contributed by atoms with Crippen LogP contribution in [0.4, 0.5) is 0 Å². The second kappa shape index (κ2) is 8.50. The van der Waals surface area contributed by atoms with E-state index in [9.17, 15) is 9.59 Å². The minimum Gasteiger partial charge on any atom is -0.293 e. The fourth-order valence-corrected chi connectivity index (χ4v) is 4.73. The van der Waals surface area contributed by atoms with E-state index in [-0.39, 0.29) is 23.4 Å². The van der Waals surface area contributed by atoms with Crippen LogP contribution in [0.2, 0.25) is 5.02 Å². The van der Waals surface area contributed by atoms with Crippen molar-refractivity contribution < 1.29 is 9.59 Å². The summed E-state index contributed by atoms with van der Waals surface area (Å²) in [7, 11) is 0. The van der Waals surface area contributed by atoms with E-state index in [1.807, 2.05) is 24.3 Å². The molecule has 0 unspecified atom stereocenters. The first-order valence-corrected chi connectivity index (χ1v) is 10.9. The number of thioether (sulfide) groups is 1. The smallest absolute Gasteiger partial charge is 0.236 e. The topological polar surface area (TPSA) is 52.0 Å². The van der Waals surface area contributed by atoms with Gasteiger partial charge >= 0.3 is 0 Å². The number of rotatable bonds is 5. The number of ketones is 1. The van der Waals surface area contributed by atoms with E-state index in [0.29, 0.717) is 15.7 Å². The Morgan fingerprint density at radius 3 is 2.50 bits per heavy atom. The van der Waals surface area contributed by atoms with Crippen LogP contribution in [0, 0.1) is 5.92 Å². The van der Waals surface area contributed by atoms with Crippen LogP contribution < -0.4 is 0 Å². The van der Waals surface area contributed by atoms with Crippen molar-refractivity contribution in [3.8, 4) is 0 Å². The quantitative estimate of drug-likeness (QED) is 0.387. The number of Topliss-reactive ketones (excluding diaryl/α,β-unsaturated/α-hetero) is 1. The summed E-state index contributed by atoms with van der Waals surface area (Å²) in [5.41, 5.74) is 2.21. The highest BCUT2D eigenvalue weighted by molar-refractivity contribution is 7.99. The van der Waals surface area contributed by atoms with Gasteiger partial charge in [-0.1, -0.05) is 54.8 Å². The monoisotopic (exact) mass is 412 g/mol. The predicted molar refractivity (Wildman–Crippen MR) is 113 cm³/mol. The summed E-state index contributed by atoms with van der Waals surface area (Å²) >= 11 is 7.22. The van der Waals surface area contributed by atoms with E-state index in [0.717, 1.165) is 36.7 Å². The molecule has 0 spiro atoms. The van der Waals surface area contributed by atoms with Gasteiger partial charge in [-0.05, 0) is 49.2 Å². The van der Waals surface area contributed by atoms with Crippen molar-refractivity contribution in [2.75, 3.05) is 5.75 Å². The number of hydrogen-bond acceptors (Lipinski definition) is 4. The summed E-state index contributed by atoms with van der Waals surface area (Å²) in [5.74, 6) is 0.362. The number of carbonyl (C=O) groups is 2. The molecule has 1 fully saturated rings. The molecule has 4 nitrogen and oxygen atoms in total. The first-order valence-electron chi connectivity index (χ1n) is 9.57. The average Bonchev–Trinajstić information content (AvgIpc) is 3.11. The second-order valence-corrected chi connectivity index (χ2v) is 8.49. The number of hydrogen-bond donors (Lipinski definition) is 0. The molecule has 1 aromatic heterocycles. The number of carbonyl (C=O) groups excluding carboxylic acids is 2. The van der Waals surface area contributed by atoms with Crippen LogP contribution in [-0.2, 0) is 0 Å². The lowest BCUT2D eigenvalue weighted by Gasteiger charge is -2.21. The molecule has 1 aliphatic rings. The van der Waals surface area contributed by atoms with Crippen molar-refractivity contribution in [2.24, 2.45) is 5.92 Å². The van der Waals surface area contributed by atoms with E-state index in [2.05, 4.69) is 4.98 Å². The van der Waals surface area contributed by atoms with Gasteiger partial charge in [0, 0.05) is 16.5 Å². The first-order chi connectivity index (χ1) is 13.6. The molecule has 1 saturated carbocycles. The first kappa shape index (κ1) is 19.2. The Bertz CT molecular complexity index is 1010. The average molecular weight is 413 g/mol. The van der Waals surface area contributed by atoms with Crippen molar-refractivity contribution in [1.82, 2.24) is 9.55 Å². The van der Waals surface area contributed by atoms with Crippen molar-refractivity contribution >= 4 is 46.1 Å². The maximum atomic E-state index is 13.3. The van der Waals surface area contributed by atoms with Crippen LogP contribution in [0.1, 0.15) is 47.3 Å². The molecule has 0 atom stereocenters. The van der Waals surface area contributed by atoms with Crippen molar-refractivity contribution in [3.05, 3.63) is 59.1 Å². The standard InChI is InChI=1S/C22H21ClN2O2S/c23-17-12-10-15(11-13-17)20(26)14-28-22-24-18-8-4-5-9-19(18)25(22)21(27)16-6-2-1-3-7-16/h4-5,8-13,16H,1-3,6-7,14H2. The minimum absolute atomic E-state index is 0.00890. The van der Waals surface area contributed by atoms with Crippen molar-refractivity contribution in [2.45, 2.75) is 37.3 Å². The molecule has 6 heteroatoms. The SMILES string of the molecule is O=C(CSc1nc2ccccc2n1C(=O)C1CCCCC1)c1ccc(Cl)cc1. The zero-order valence-electron chi connectivity index (χ0n) is 15.4. The Balaban J connectivity index is 1.60. The fraction of sp³-hybridized carbons (Fsp3) is 0.318. The van der Waals surface area contributed by atoms with Crippen LogP contribution in [0.15, 0.2) is 53.7 Å². The summed E-state index contributed by atoms with van der Waals surface area (Å²) < 4.78 is 1.73. The molecule has 2 aromatic carbocycles. The van der Waals surface area contributed by atoms with Gasteiger partial charge in [0.1, 0.15) is 0 Å². The van der Waals surface area contributed by atoms with Crippen molar-refractivity contribution in [1.29, 1.82) is 0 Å². The van der Waals surface area contributed by atoms with Gasteiger partial charge in [0.05, 0.1) is 16.8 Å². The molecule has 28 heavy (non-hydrogen) atoms. The molecule has 4 rings (SSSR count). The van der Waals surface area contributed by atoms with E-state index in [1.165, 1.54) is 18.2 Å². The minimum atomic E-state index is -0.00890. The summed E-state index contributed by atoms with van der Waals surface area (Å²) in [6, 6.07) is 14.5. The number of aromatic nitrogens is 2. The van der Waals surface area contributed by atoms with Crippen LogP contribution in [0.5, 0.6) is 0 Å². The zero-order valence-corrected chi connectivity index (χ0v) is 17.0. The molecular weight excluding hydrogens is 392 g/mol. The highest BCUT2D eigenvalue weighted by atomic mass is 35.5. The molecule has 144 valence electrons. The number of fused-ring (bicyclic) bond motifs is 1. The van der Waals surface area contributed by atoms with Gasteiger partial charge in [-0.2, -0.15) is 0 Å². The molecule has 0 aliphatic heterocycles. The van der Waals surface area contributed by atoms with Gasteiger partial charge in [-0.3, -0.25) is 14.2 Å². The van der Waals surface area contributed by atoms with Gasteiger partial charge in [0.2, 0.25) is 5.91 Å². The van der Waals surface area contributed by atoms with Gasteiger partial charge in [0.15, 0.2) is 10.9 Å². The third kappa shape index (κ3) is 4.01. The molecule has 3 aromatic rings. The summed E-state index contributed by atoms with van der Waals surface area (Å²) in [6.07, 6.45) is 5.26. The van der Waals surface area contributed by atoms with Gasteiger partial charge in [-0.15, -0.1) is 0 Å².